The normalized spacial score (nSPS) is 12.1. The summed E-state index contributed by atoms with van der Waals surface area (Å²) in [6.07, 6.45) is 1.40. The van der Waals surface area contributed by atoms with E-state index in [9.17, 15) is 13.2 Å². The van der Waals surface area contributed by atoms with Crippen molar-refractivity contribution in [1.82, 2.24) is 0 Å². The first-order chi connectivity index (χ1) is 12.8. The summed E-state index contributed by atoms with van der Waals surface area (Å²) in [4.78, 5) is 12.9. The maximum absolute atomic E-state index is 12.9. The molecule has 7 nitrogen and oxygen atoms in total. The van der Waals surface area contributed by atoms with Crippen molar-refractivity contribution in [3.8, 4) is 11.5 Å². The van der Waals surface area contributed by atoms with Gasteiger partial charge < -0.3 is 14.8 Å². The van der Waals surface area contributed by atoms with Crippen molar-refractivity contribution >= 4 is 27.3 Å². The Morgan fingerprint density at radius 3 is 2.22 bits per heavy atom. The number of para-hydroxylation sites is 1. The fourth-order valence-electron chi connectivity index (χ4n) is 2.77. The Kier molecular flexibility index (Phi) is 6.68. The Labute approximate surface area is 160 Å². The van der Waals surface area contributed by atoms with Crippen LogP contribution in [-0.2, 0) is 14.8 Å². The highest BCUT2D eigenvalue weighted by atomic mass is 32.2. The highest BCUT2D eigenvalue weighted by Crippen LogP contribution is 2.30. The SMILES string of the molecule is CCC(C(=O)Nc1ccc(OC)c(OC)c1)N(c1ccccc1)S(C)(=O)=O. The molecule has 146 valence electrons. The fourth-order valence-corrected chi connectivity index (χ4v) is 3.99. The lowest BCUT2D eigenvalue weighted by Crippen LogP contribution is -2.46. The molecule has 0 spiro atoms. The third kappa shape index (κ3) is 4.91. The Balaban J connectivity index is 2.33. The third-order valence-electron chi connectivity index (χ3n) is 3.99. The molecular formula is C19H24N2O5S. The second kappa shape index (κ2) is 8.77. The van der Waals surface area contributed by atoms with Gasteiger partial charge in [-0.3, -0.25) is 9.10 Å². The number of anilines is 2. The highest BCUT2D eigenvalue weighted by molar-refractivity contribution is 7.92. The summed E-state index contributed by atoms with van der Waals surface area (Å²) in [7, 11) is -0.642. The number of amides is 1. The van der Waals surface area contributed by atoms with Gasteiger partial charge in [-0.25, -0.2) is 8.42 Å². The van der Waals surface area contributed by atoms with Crippen molar-refractivity contribution < 1.29 is 22.7 Å². The van der Waals surface area contributed by atoms with E-state index in [0.29, 0.717) is 29.3 Å². The predicted molar refractivity (Wildman–Crippen MR) is 106 cm³/mol. The Morgan fingerprint density at radius 1 is 1.07 bits per heavy atom. The minimum atomic E-state index is -3.66. The van der Waals surface area contributed by atoms with E-state index in [-0.39, 0.29) is 0 Å². The number of carbonyl (C=O) groups excluding carboxylic acids is 1. The van der Waals surface area contributed by atoms with E-state index in [1.807, 2.05) is 0 Å². The molecule has 1 atom stereocenters. The molecule has 2 aromatic rings. The van der Waals surface area contributed by atoms with Crippen LogP contribution in [0.1, 0.15) is 13.3 Å². The number of ether oxygens (including phenoxy) is 2. The number of nitrogens with one attached hydrogen (secondary N) is 1. The van der Waals surface area contributed by atoms with Gasteiger partial charge in [-0.2, -0.15) is 0 Å². The summed E-state index contributed by atoms with van der Waals surface area (Å²) < 4.78 is 36.3. The minimum Gasteiger partial charge on any atom is -0.493 e. The molecule has 0 fully saturated rings. The summed E-state index contributed by atoms with van der Waals surface area (Å²) in [6, 6.07) is 12.6. The monoisotopic (exact) mass is 392 g/mol. The number of methoxy groups -OCH3 is 2. The molecule has 0 aliphatic rings. The van der Waals surface area contributed by atoms with E-state index < -0.39 is 22.0 Å². The Bertz CT molecular complexity index is 884. The lowest BCUT2D eigenvalue weighted by atomic mass is 10.1. The van der Waals surface area contributed by atoms with Gasteiger partial charge >= 0.3 is 0 Å². The molecule has 0 aromatic heterocycles. The molecular weight excluding hydrogens is 368 g/mol. The van der Waals surface area contributed by atoms with Gasteiger partial charge in [-0.15, -0.1) is 0 Å². The first kappa shape index (κ1) is 20.6. The molecule has 2 aromatic carbocycles. The maximum Gasteiger partial charge on any atom is 0.248 e. The van der Waals surface area contributed by atoms with Crippen LogP contribution in [0.3, 0.4) is 0 Å². The van der Waals surface area contributed by atoms with Crippen molar-refractivity contribution in [2.24, 2.45) is 0 Å². The van der Waals surface area contributed by atoms with Crippen LogP contribution in [0.25, 0.3) is 0 Å². The molecule has 1 amide bonds. The Hall–Kier alpha value is -2.74. The van der Waals surface area contributed by atoms with Gasteiger partial charge in [0.2, 0.25) is 15.9 Å². The number of rotatable bonds is 8. The number of hydrogen-bond acceptors (Lipinski definition) is 5. The van der Waals surface area contributed by atoms with Gasteiger partial charge in [0.1, 0.15) is 6.04 Å². The predicted octanol–water partition coefficient (Wildman–Crippen LogP) is 2.89. The second-order valence-corrected chi connectivity index (χ2v) is 7.74. The average Bonchev–Trinajstić information content (AvgIpc) is 2.65. The topological polar surface area (TPSA) is 84.9 Å². The molecule has 0 aliphatic carbocycles. The maximum atomic E-state index is 12.9. The second-order valence-electron chi connectivity index (χ2n) is 5.88. The quantitative estimate of drug-likeness (QED) is 0.747. The zero-order valence-electron chi connectivity index (χ0n) is 15.8. The van der Waals surface area contributed by atoms with Crippen molar-refractivity contribution in [1.29, 1.82) is 0 Å². The van der Waals surface area contributed by atoms with E-state index >= 15 is 0 Å². The zero-order chi connectivity index (χ0) is 20.0. The van der Waals surface area contributed by atoms with Gasteiger partial charge in [0, 0.05) is 11.8 Å². The van der Waals surface area contributed by atoms with E-state index in [1.165, 1.54) is 14.2 Å². The molecule has 1 unspecified atom stereocenters. The Morgan fingerprint density at radius 2 is 1.70 bits per heavy atom. The molecule has 0 saturated carbocycles. The van der Waals surface area contributed by atoms with Gasteiger partial charge in [0.05, 0.1) is 26.2 Å². The van der Waals surface area contributed by atoms with Crippen LogP contribution < -0.4 is 19.1 Å². The first-order valence-corrected chi connectivity index (χ1v) is 10.2. The van der Waals surface area contributed by atoms with E-state index in [0.717, 1.165) is 10.6 Å². The van der Waals surface area contributed by atoms with Crippen LogP contribution >= 0.6 is 0 Å². The summed E-state index contributed by atoms with van der Waals surface area (Å²) in [5, 5.41) is 2.76. The minimum absolute atomic E-state index is 0.307. The summed E-state index contributed by atoms with van der Waals surface area (Å²) in [6.45, 7) is 1.76. The van der Waals surface area contributed by atoms with E-state index in [2.05, 4.69) is 5.32 Å². The van der Waals surface area contributed by atoms with Crippen molar-refractivity contribution in [2.45, 2.75) is 19.4 Å². The molecule has 27 heavy (non-hydrogen) atoms. The lowest BCUT2D eigenvalue weighted by molar-refractivity contribution is -0.117. The standard InChI is InChI=1S/C19H24N2O5S/c1-5-16(21(27(4,23)24)15-9-7-6-8-10-15)19(22)20-14-11-12-17(25-2)18(13-14)26-3/h6-13,16H,5H2,1-4H3,(H,20,22). The van der Waals surface area contributed by atoms with Gasteiger partial charge in [0.25, 0.3) is 0 Å². The van der Waals surface area contributed by atoms with Gasteiger partial charge in [-0.1, -0.05) is 25.1 Å². The first-order valence-electron chi connectivity index (χ1n) is 8.39. The molecule has 8 heteroatoms. The van der Waals surface area contributed by atoms with Crippen LogP contribution in [0.2, 0.25) is 0 Å². The molecule has 0 radical (unpaired) electrons. The number of benzene rings is 2. The number of nitrogens with zero attached hydrogens (tertiary/aromatic N) is 1. The van der Waals surface area contributed by atoms with Crippen molar-refractivity contribution in [2.75, 3.05) is 30.1 Å². The van der Waals surface area contributed by atoms with Crippen LogP contribution in [0, 0.1) is 0 Å². The van der Waals surface area contributed by atoms with Gasteiger partial charge in [0.15, 0.2) is 11.5 Å². The van der Waals surface area contributed by atoms with Gasteiger partial charge in [-0.05, 0) is 30.7 Å². The summed E-state index contributed by atoms with van der Waals surface area (Å²) in [5.74, 6) is 0.565. The lowest BCUT2D eigenvalue weighted by Gasteiger charge is -2.30. The average molecular weight is 392 g/mol. The third-order valence-corrected chi connectivity index (χ3v) is 5.17. The molecule has 0 heterocycles. The van der Waals surface area contributed by atoms with Crippen molar-refractivity contribution in [3.05, 3.63) is 48.5 Å². The van der Waals surface area contributed by atoms with E-state index in [4.69, 9.17) is 9.47 Å². The van der Waals surface area contributed by atoms with Crippen LogP contribution in [-0.4, -0.2) is 40.8 Å². The number of carbonyl (C=O) groups is 1. The number of sulfonamides is 1. The van der Waals surface area contributed by atoms with E-state index in [1.54, 1.807) is 55.5 Å². The number of hydrogen-bond donors (Lipinski definition) is 1. The molecule has 2 rings (SSSR count). The molecule has 0 saturated heterocycles. The largest absolute Gasteiger partial charge is 0.493 e. The van der Waals surface area contributed by atoms with Crippen LogP contribution in [0.5, 0.6) is 11.5 Å². The summed E-state index contributed by atoms with van der Waals surface area (Å²) >= 11 is 0. The van der Waals surface area contributed by atoms with Crippen molar-refractivity contribution in [3.63, 3.8) is 0 Å². The molecule has 0 aliphatic heterocycles. The molecule has 1 N–H and O–H groups in total. The summed E-state index contributed by atoms with van der Waals surface area (Å²) in [5.41, 5.74) is 0.923. The molecule has 0 bridgehead atoms. The highest BCUT2D eigenvalue weighted by Gasteiger charge is 2.31. The fraction of sp³-hybridized carbons (Fsp3) is 0.316. The van der Waals surface area contributed by atoms with Crippen LogP contribution in [0.4, 0.5) is 11.4 Å². The van der Waals surface area contributed by atoms with Crippen LogP contribution in [0.15, 0.2) is 48.5 Å². The smallest absolute Gasteiger partial charge is 0.248 e. The zero-order valence-corrected chi connectivity index (χ0v) is 16.6.